The normalized spacial score (nSPS) is 14.7. The van der Waals surface area contributed by atoms with Gasteiger partial charge in [0.15, 0.2) is 11.6 Å². The van der Waals surface area contributed by atoms with Crippen molar-refractivity contribution in [2.75, 3.05) is 0 Å². The first-order valence-electron chi connectivity index (χ1n) is 12.2. The Morgan fingerprint density at radius 3 is 2.58 bits per heavy atom. The van der Waals surface area contributed by atoms with Gasteiger partial charge in [0, 0.05) is 6.42 Å². The minimum absolute atomic E-state index is 0.316. The Balaban J connectivity index is 1.49. The van der Waals surface area contributed by atoms with Crippen molar-refractivity contribution in [3.8, 4) is 11.1 Å². The summed E-state index contributed by atoms with van der Waals surface area (Å²) in [5, 5.41) is 14.3. The van der Waals surface area contributed by atoms with E-state index in [1.807, 2.05) is 41.1 Å². The van der Waals surface area contributed by atoms with Gasteiger partial charge in [-0.1, -0.05) is 87.6 Å². The summed E-state index contributed by atoms with van der Waals surface area (Å²) in [7, 11) is 0. The molecule has 1 N–H and O–H groups in total. The van der Waals surface area contributed by atoms with Gasteiger partial charge in [0.05, 0.1) is 12.1 Å². The van der Waals surface area contributed by atoms with Crippen LogP contribution in [0.3, 0.4) is 0 Å². The molecule has 1 heterocycles. The minimum Gasteiger partial charge on any atom is -0.478 e. The number of rotatable bonds is 9. The van der Waals surface area contributed by atoms with Crippen molar-refractivity contribution in [1.82, 2.24) is 14.8 Å². The Labute approximate surface area is 196 Å². The molecular weight excluding hydrogens is 410 g/mol. The fourth-order valence-electron chi connectivity index (χ4n) is 4.66. The smallest absolute Gasteiger partial charge is 0.336 e. The second kappa shape index (κ2) is 11.1. The van der Waals surface area contributed by atoms with Crippen LogP contribution in [0.1, 0.15) is 79.4 Å². The maximum absolute atomic E-state index is 11.6. The number of aromatic carboxylic acids is 1. The van der Waals surface area contributed by atoms with Gasteiger partial charge in [0.1, 0.15) is 0 Å². The zero-order valence-electron chi connectivity index (χ0n) is 19.4. The number of hydrogen-bond acceptors (Lipinski definition) is 3. The largest absolute Gasteiger partial charge is 0.478 e. The Bertz CT molecular complexity index is 1090. The molecule has 0 unspecified atom stereocenters. The standard InChI is InChI=1S/C28H33N3O2/c1-2-3-13-27-29-26(19-16-21-9-5-4-6-10-21)30-31(27)20-22-14-17-23(18-15-22)24-11-7-8-12-25(24)28(32)33/h3,7-8,11-15,17-18,21H,2,4-6,9-10,16,19-20H2,1H3,(H,32,33)/b13-3+. The van der Waals surface area contributed by atoms with Crippen molar-refractivity contribution in [2.45, 2.75) is 64.8 Å². The van der Waals surface area contributed by atoms with Crippen LogP contribution in [0.15, 0.2) is 54.6 Å². The van der Waals surface area contributed by atoms with E-state index in [9.17, 15) is 9.90 Å². The number of aromatic nitrogens is 3. The third kappa shape index (κ3) is 5.98. The average Bonchev–Trinajstić information content (AvgIpc) is 3.24. The maximum atomic E-state index is 11.6. The number of nitrogens with zero attached hydrogens (tertiary/aromatic N) is 3. The summed E-state index contributed by atoms with van der Waals surface area (Å²) >= 11 is 0. The molecule has 1 saturated carbocycles. The Kier molecular flexibility index (Phi) is 7.71. The van der Waals surface area contributed by atoms with Crippen LogP contribution >= 0.6 is 0 Å². The van der Waals surface area contributed by atoms with Gasteiger partial charge in [0.25, 0.3) is 0 Å². The Morgan fingerprint density at radius 2 is 1.85 bits per heavy atom. The molecule has 5 heteroatoms. The lowest BCUT2D eigenvalue weighted by Gasteiger charge is -2.20. The van der Waals surface area contributed by atoms with Crippen LogP contribution in [0, 0.1) is 5.92 Å². The highest BCUT2D eigenvalue weighted by atomic mass is 16.4. The van der Waals surface area contributed by atoms with Crippen LogP contribution in [0.5, 0.6) is 0 Å². The molecule has 0 bridgehead atoms. The molecule has 1 aromatic heterocycles. The molecule has 172 valence electrons. The Hall–Kier alpha value is -3.21. The van der Waals surface area contributed by atoms with E-state index in [4.69, 9.17) is 10.1 Å². The first-order valence-corrected chi connectivity index (χ1v) is 12.2. The monoisotopic (exact) mass is 443 g/mol. The SMILES string of the molecule is CC/C=C/c1nc(CCC2CCCCC2)nn1Cc1ccc(-c2ccccc2C(=O)O)cc1. The molecule has 3 aromatic rings. The van der Waals surface area contributed by atoms with Gasteiger partial charge < -0.3 is 5.11 Å². The molecular formula is C28H33N3O2. The molecule has 4 rings (SSSR count). The van der Waals surface area contributed by atoms with E-state index in [0.717, 1.165) is 47.1 Å². The van der Waals surface area contributed by atoms with Crippen molar-refractivity contribution in [1.29, 1.82) is 0 Å². The van der Waals surface area contributed by atoms with Crippen molar-refractivity contribution in [2.24, 2.45) is 5.92 Å². The van der Waals surface area contributed by atoms with E-state index in [1.54, 1.807) is 12.1 Å². The maximum Gasteiger partial charge on any atom is 0.336 e. The molecule has 1 fully saturated rings. The van der Waals surface area contributed by atoms with Gasteiger partial charge in [-0.3, -0.25) is 0 Å². The van der Waals surface area contributed by atoms with Gasteiger partial charge in [-0.05, 0) is 47.6 Å². The van der Waals surface area contributed by atoms with Crippen LogP contribution < -0.4 is 0 Å². The number of allylic oxidation sites excluding steroid dienone is 1. The lowest BCUT2D eigenvalue weighted by atomic mass is 9.86. The quantitative estimate of drug-likeness (QED) is 0.403. The molecule has 1 aliphatic carbocycles. The molecule has 2 aromatic carbocycles. The third-order valence-electron chi connectivity index (χ3n) is 6.50. The summed E-state index contributed by atoms with van der Waals surface area (Å²) in [6.45, 7) is 2.76. The highest BCUT2D eigenvalue weighted by molar-refractivity contribution is 5.95. The molecule has 5 nitrogen and oxygen atoms in total. The number of hydrogen-bond donors (Lipinski definition) is 1. The highest BCUT2D eigenvalue weighted by Crippen LogP contribution is 2.27. The van der Waals surface area contributed by atoms with Crippen LogP contribution in [0.2, 0.25) is 0 Å². The van der Waals surface area contributed by atoms with E-state index in [-0.39, 0.29) is 0 Å². The van der Waals surface area contributed by atoms with Gasteiger partial charge >= 0.3 is 5.97 Å². The van der Waals surface area contributed by atoms with Gasteiger partial charge in [-0.2, -0.15) is 5.10 Å². The van der Waals surface area contributed by atoms with Crippen molar-refractivity contribution < 1.29 is 9.90 Å². The molecule has 33 heavy (non-hydrogen) atoms. The zero-order valence-corrected chi connectivity index (χ0v) is 19.4. The van der Waals surface area contributed by atoms with Crippen LogP contribution in [-0.2, 0) is 13.0 Å². The number of benzene rings is 2. The van der Waals surface area contributed by atoms with Gasteiger partial charge in [-0.25, -0.2) is 14.5 Å². The zero-order chi connectivity index (χ0) is 23.0. The molecule has 0 spiro atoms. The van der Waals surface area contributed by atoms with E-state index in [2.05, 4.69) is 19.1 Å². The minimum atomic E-state index is -0.912. The summed E-state index contributed by atoms with van der Waals surface area (Å²) in [6.07, 6.45) is 14.1. The fourth-order valence-corrected chi connectivity index (χ4v) is 4.66. The van der Waals surface area contributed by atoms with Crippen LogP contribution in [0.4, 0.5) is 0 Å². The van der Waals surface area contributed by atoms with Crippen LogP contribution in [-0.4, -0.2) is 25.8 Å². The lowest BCUT2D eigenvalue weighted by Crippen LogP contribution is -2.08. The molecule has 1 aliphatic rings. The van der Waals surface area contributed by atoms with Crippen molar-refractivity contribution in [3.63, 3.8) is 0 Å². The first-order chi connectivity index (χ1) is 16.1. The predicted octanol–water partition coefficient (Wildman–Crippen LogP) is 6.63. The number of aryl methyl sites for hydroxylation is 1. The third-order valence-corrected chi connectivity index (χ3v) is 6.50. The average molecular weight is 444 g/mol. The molecule has 0 aliphatic heterocycles. The van der Waals surface area contributed by atoms with E-state index in [0.29, 0.717) is 12.1 Å². The van der Waals surface area contributed by atoms with E-state index in [1.165, 1.54) is 38.5 Å². The summed E-state index contributed by atoms with van der Waals surface area (Å²) < 4.78 is 1.99. The number of carboxylic acids is 1. The van der Waals surface area contributed by atoms with Crippen molar-refractivity contribution >= 4 is 12.0 Å². The van der Waals surface area contributed by atoms with Gasteiger partial charge in [0.2, 0.25) is 0 Å². The summed E-state index contributed by atoms with van der Waals surface area (Å²) in [6, 6.07) is 15.2. The topological polar surface area (TPSA) is 68.0 Å². The van der Waals surface area contributed by atoms with Gasteiger partial charge in [-0.15, -0.1) is 0 Å². The summed E-state index contributed by atoms with van der Waals surface area (Å²) in [4.78, 5) is 16.4. The summed E-state index contributed by atoms with van der Waals surface area (Å²) in [5.74, 6) is 1.74. The Morgan fingerprint density at radius 1 is 1.09 bits per heavy atom. The van der Waals surface area contributed by atoms with E-state index < -0.39 is 5.97 Å². The number of carbonyl (C=O) groups is 1. The molecule has 0 radical (unpaired) electrons. The second-order valence-electron chi connectivity index (χ2n) is 8.94. The first kappa shape index (κ1) is 23.0. The number of carboxylic acid groups (broad SMARTS) is 1. The lowest BCUT2D eigenvalue weighted by molar-refractivity contribution is 0.0697. The molecule has 0 amide bonds. The summed E-state index contributed by atoms with van der Waals surface area (Å²) in [5.41, 5.74) is 3.06. The van der Waals surface area contributed by atoms with Crippen LogP contribution in [0.25, 0.3) is 17.2 Å². The second-order valence-corrected chi connectivity index (χ2v) is 8.94. The fraction of sp³-hybridized carbons (Fsp3) is 0.393. The highest BCUT2D eigenvalue weighted by Gasteiger charge is 2.16. The van der Waals surface area contributed by atoms with Crippen molar-refractivity contribution in [3.05, 3.63) is 77.4 Å². The van der Waals surface area contributed by atoms with E-state index >= 15 is 0 Å². The molecule has 0 atom stereocenters. The molecule has 0 saturated heterocycles. The predicted molar refractivity (Wildman–Crippen MR) is 132 cm³/mol.